The van der Waals surface area contributed by atoms with Crippen molar-refractivity contribution in [3.8, 4) is 0 Å². The second-order valence-electron chi connectivity index (χ2n) is 8.61. The molecular weight excluding hydrogens is 618 g/mol. The van der Waals surface area contributed by atoms with Crippen LogP contribution in [0, 0.1) is 23.7 Å². The van der Waals surface area contributed by atoms with Gasteiger partial charge in [-0.1, -0.05) is 72.7 Å². The van der Waals surface area contributed by atoms with Gasteiger partial charge in [0.15, 0.2) is 0 Å². The average molecular weight is 636 g/mol. The van der Waals surface area contributed by atoms with E-state index < -0.39 is 17.7 Å². The van der Waals surface area contributed by atoms with E-state index in [4.69, 9.17) is 34.8 Å². The Kier molecular flexibility index (Phi) is 6.32. The summed E-state index contributed by atoms with van der Waals surface area (Å²) in [7, 11) is 0. The van der Waals surface area contributed by atoms with Crippen LogP contribution in [0.3, 0.4) is 0 Å². The summed E-state index contributed by atoms with van der Waals surface area (Å²) in [4.78, 5) is 41.0. The van der Waals surface area contributed by atoms with E-state index in [1.165, 1.54) is 5.01 Å². The Morgan fingerprint density at radius 3 is 2.03 bits per heavy atom. The van der Waals surface area contributed by atoms with Crippen molar-refractivity contribution >= 4 is 84.4 Å². The third-order valence-electron chi connectivity index (χ3n) is 6.85. The van der Waals surface area contributed by atoms with Crippen molar-refractivity contribution < 1.29 is 14.4 Å². The molecule has 1 aliphatic heterocycles. The molecule has 0 spiro atoms. The predicted molar refractivity (Wildman–Crippen MR) is 134 cm³/mol. The van der Waals surface area contributed by atoms with E-state index >= 15 is 0 Å². The molecule has 2 saturated carbocycles. The lowest BCUT2D eigenvalue weighted by Crippen LogP contribution is -2.50. The molecule has 2 aliphatic carbocycles. The quantitative estimate of drug-likeness (QED) is 0.307. The van der Waals surface area contributed by atoms with Gasteiger partial charge in [0.2, 0.25) is 0 Å². The van der Waals surface area contributed by atoms with Gasteiger partial charge in [0, 0.05) is 20.2 Å². The van der Waals surface area contributed by atoms with Crippen molar-refractivity contribution in [1.82, 2.24) is 10.0 Å². The van der Waals surface area contributed by atoms with Gasteiger partial charge in [-0.3, -0.25) is 14.4 Å². The second-order valence-corrected chi connectivity index (χ2v) is 12.0. The Morgan fingerprint density at radius 1 is 0.909 bits per heavy atom. The molecule has 10 heteroatoms. The number of rotatable bonds is 4. The minimum absolute atomic E-state index is 0.0138. The third kappa shape index (κ3) is 3.84. The summed E-state index contributed by atoms with van der Waals surface area (Å²) in [6, 6.07) is 11.3. The molecule has 5 rings (SSSR count). The van der Waals surface area contributed by atoms with E-state index in [1.54, 1.807) is 42.5 Å². The van der Waals surface area contributed by atoms with Gasteiger partial charge in [-0.2, -0.15) is 5.01 Å². The number of fused-ring (bicyclic) bond motifs is 5. The molecule has 1 saturated heterocycles. The molecule has 3 amide bonds. The number of imide groups is 1. The van der Waals surface area contributed by atoms with Crippen molar-refractivity contribution in [3.05, 3.63) is 68.7 Å². The van der Waals surface area contributed by atoms with E-state index in [0.717, 1.165) is 11.4 Å². The smallest absolute Gasteiger partial charge is 0.272 e. The maximum absolute atomic E-state index is 13.6. The molecule has 3 fully saturated rings. The van der Waals surface area contributed by atoms with E-state index in [-0.39, 0.29) is 39.8 Å². The fourth-order valence-electron chi connectivity index (χ4n) is 5.36. The number of hydrogen-bond acceptors (Lipinski definition) is 3. The van der Waals surface area contributed by atoms with Crippen LogP contribution in [0.1, 0.15) is 22.3 Å². The first kappa shape index (κ1) is 23.6. The number of hydrogen-bond donors (Lipinski definition) is 0. The maximum Gasteiger partial charge on any atom is 0.273 e. The van der Waals surface area contributed by atoms with Crippen molar-refractivity contribution in [3.63, 3.8) is 0 Å². The normalized spacial score (nSPS) is 30.2. The number of carbonyl (C=O) groups excluding carboxylic acids is 3. The van der Waals surface area contributed by atoms with Gasteiger partial charge in [0.25, 0.3) is 17.7 Å². The summed E-state index contributed by atoms with van der Waals surface area (Å²) in [5, 5.41) is 3.46. The zero-order valence-electron chi connectivity index (χ0n) is 16.9. The number of amides is 3. The highest BCUT2D eigenvalue weighted by molar-refractivity contribution is 9.12. The number of hydrazine groups is 1. The zero-order valence-corrected chi connectivity index (χ0v) is 22.4. The fraction of sp³-hybridized carbons (Fsp3) is 0.348. The van der Waals surface area contributed by atoms with E-state index in [9.17, 15) is 14.4 Å². The molecule has 1 heterocycles. The molecule has 5 nitrogen and oxygen atoms in total. The largest absolute Gasteiger partial charge is 0.273 e. The summed E-state index contributed by atoms with van der Waals surface area (Å²) >= 11 is 25.6. The minimum Gasteiger partial charge on any atom is -0.272 e. The number of carbonyl (C=O) groups is 3. The molecular formula is C23H17Br2Cl3N2O3. The van der Waals surface area contributed by atoms with Crippen LogP contribution in [-0.4, -0.2) is 37.4 Å². The number of nitrogens with zero attached hydrogens (tertiary/aromatic N) is 2. The Hall–Kier alpha value is -1.12. The molecule has 33 heavy (non-hydrogen) atoms. The Bertz CT molecular complexity index is 1130. The van der Waals surface area contributed by atoms with Crippen molar-refractivity contribution in [2.24, 2.45) is 23.7 Å². The van der Waals surface area contributed by atoms with Gasteiger partial charge in [0.05, 0.1) is 28.4 Å². The van der Waals surface area contributed by atoms with Crippen LogP contribution in [0.5, 0.6) is 0 Å². The Morgan fingerprint density at radius 2 is 1.48 bits per heavy atom. The molecule has 2 aromatic rings. The lowest BCUT2D eigenvalue weighted by molar-refractivity contribution is -0.156. The van der Waals surface area contributed by atoms with Crippen LogP contribution < -0.4 is 0 Å². The van der Waals surface area contributed by atoms with Crippen LogP contribution in [-0.2, 0) is 16.1 Å². The van der Waals surface area contributed by atoms with Gasteiger partial charge in [0.1, 0.15) is 0 Å². The van der Waals surface area contributed by atoms with Crippen molar-refractivity contribution in [2.75, 3.05) is 0 Å². The molecule has 0 unspecified atom stereocenters. The summed E-state index contributed by atoms with van der Waals surface area (Å²) in [6.07, 6.45) is 0.810. The molecule has 6 atom stereocenters. The standard InChI is InChI=1S/C23H17Br2Cl3N2O3/c24-19-13-8-14(20(19)25)18-17(13)22(32)30(23(18)33)29(9-10-1-6-15(27)16(28)7-10)21(31)11-2-4-12(26)5-3-11/h1-7,13-14,17-20H,8-9H2/t13-,14-,17-,18+,19-,20+/m1/s1. The molecule has 2 aromatic carbocycles. The molecule has 2 bridgehead atoms. The minimum atomic E-state index is -0.474. The summed E-state index contributed by atoms with van der Waals surface area (Å²) < 4.78 is 0. The average Bonchev–Trinajstić information content (AvgIpc) is 3.40. The zero-order chi connectivity index (χ0) is 23.6. The van der Waals surface area contributed by atoms with Gasteiger partial charge < -0.3 is 0 Å². The number of halogens is 5. The molecule has 0 N–H and O–H groups in total. The summed E-state index contributed by atoms with van der Waals surface area (Å²) in [5.41, 5.74) is 0.959. The van der Waals surface area contributed by atoms with Crippen LogP contribution in [0.4, 0.5) is 0 Å². The van der Waals surface area contributed by atoms with E-state index in [2.05, 4.69) is 31.9 Å². The third-order valence-corrected chi connectivity index (χ3v) is 11.0. The van der Waals surface area contributed by atoms with Crippen LogP contribution in [0.15, 0.2) is 42.5 Å². The first-order valence-corrected chi connectivity index (χ1v) is 13.3. The van der Waals surface area contributed by atoms with E-state index in [1.807, 2.05) is 0 Å². The highest BCUT2D eigenvalue weighted by atomic mass is 79.9. The fourth-order valence-corrected chi connectivity index (χ4v) is 7.68. The van der Waals surface area contributed by atoms with Gasteiger partial charge >= 0.3 is 0 Å². The number of benzene rings is 2. The molecule has 0 radical (unpaired) electrons. The second kappa shape index (κ2) is 8.83. The van der Waals surface area contributed by atoms with Crippen LogP contribution >= 0.6 is 66.7 Å². The Balaban J connectivity index is 1.53. The van der Waals surface area contributed by atoms with Gasteiger partial charge in [-0.05, 0) is 60.2 Å². The first-order valence-electron chi connectivity index (χ1n) is 10.4. The summed E-state index contributed by atoms with van der Waals surface area (Å²) in [6.45, 7) is -0.0138. The van der Waals surface area contributed by atoms with E-state index in [0.29, 0.717) is 26.2 Å². The van der Waals surface area contributed by atoms with Crippen LogP contribution in [0.2, 0.25) is 15.1 Å². The molecule has 3 aliphatic rings. The highest BCUT2D eigenvalue weighted by Crippen LogP contribution is 2.60. The maximum atomic E-state index is 13.6. The van der Waals surface area contributed by atoms with Gasteiger partial charge in [-0.15, -0.1) is 0 Å². The van der Waals surface area contributed by atoms with Gasteiger partial charge in [-0.25, -0.2) is 5.01 Å². The lowest BCUT2D eigenvalue weighted by atomic mass is 9.81. The molecule has 172 valence electrons. The van der Waals surface area contributed by atoms with Crippen molar-refractivity contribution in [2.45, 2.75) is 22.6 Å². The highest BCUT2D eigenvalue weighted by Gasteiger charge is 2.67. The predicted octanol–water partition coefficient (Wildman–Crippen LogP) is 5.98. The number of alkyl halides is 2. The SMILES string of the molecule is O=C(c1ccc(Cl)cc1)N(Cc1ccc(Cl)c(Cl)c1)N1C(=O)[C@@H]2[C@H]3C[C@@H]([C@H](Br)[C@@H]3Br)[C@@H]2C1=O. The monoisotopic (exact) mass is 632 g/mol. The molecule has 0 aromatic heterocycles. The topological polar surface area (TPSA) is 57.7 Å². The lowest BCUT2D eigenvalue weighted by Gasteiger charge is -2.31. The Labute approximate surface area is 222 Å². The van der Waals surface area contributed by atoms with Crippen LogP contribution in [0.25, 0.3) is 0 Å². The summed E-state index contributed by atoms with van der Waals surface area (Å²) in [5.74, 6) is -1.92. The van der Waals surface area contributed by atoms with Crippen molar-refractivity contribution in [1.29, 1.82) is 0 Å². The first-order chi connectivity index (χ1) is 15.7.